The number of hydrogen-bond acceptors (Lipinski definition) is 4. The lowest BCUT2D eigenvalue weighted by molar-refractivity contribution is 0.965. The van der Waals surface area contributed by atoms with Crippen LogP contribution in [-0.4, -0.2) is 21.5 Å². The summed E-state index contributed by atoms with van der Waals surface area (Å²) in [7, 11) is 0. The smallest absolute Gasteiger partial charge is 0.163 e. The Morgan fingerprint density at radius 1 is 1.18 bits per heavy atom. The van der Waals surface area contributed by atoms with Crippen LogP contribution in [0.1, 0.15) is 19.0 Å². The zero-order valence-electron chi connectivity index (χ0n) is 10.1. The number of anilines is 1. The van der Waals surface area contributed by atoms with Gasteiger partial charge in [0.25, 0.3) is 0 Å². The first-order chi connectivity index (χ1) is 8.29. The van der Waals surface area contributed by atoms with Crippen LogP contribution in [0.4, 0.5) is 5.82 Å². The molecular weight excluding hydrogens is 212 g/mol. The molecule has 0 saturated carbocycles. The summed E-state index contributed by atoms with van der Waals surface area (Å²) in [5.74, 6) is 1.57. The molecule has 17 heavy (non-hydrogen) atoms. The van der Waals surface area contributed by atoms with E-state index >= 15 is 0 Å². The number of aryl methyl sites for hydroxylation is 1. The summed E-state index contributed by atoms with van der Waals surface area (Å²) in [6.07, 6.45) is 4.64. The van der Waals surface area contributed by atoms with E-state index in [1.807, 2.05) is 25.1 Å². The van der Waals surface area contributed by atoms with Gasteiger partial charge in [-0.1, -0.05) is 6.92 Å². The van der Waals surface area contributed by atoms with Crippen LogP contribution in [0.3, 0.4) is 0 Å². The van der Waals surface area contributed by atoms with Crippen molar-refractivity contribution < 1.29 is 0 Å². The van der Waals surface area contributed by atoms with Crippen molar-refractivity contribution >= 4 is 5.82 Å². The van der Waals surface area contributed by atoms with E-state index in [0.29, 0.717) is 5.82 Å². The van der Waals surface area contributed by atoms with E-state index in [0.717, 1.165) is 30.0 Å². The van der Waals surface area contributed by atoms with Crippen LogP contribution in [0.5, 0.6) is 0 Å². The van der Waals surface area contributed by atoms with E-state index in [-0.39, 0.29) is 0 Å². The van der Waals surface area contributed by atoms with Crippen molar-refractivity contribution in [1.29, 1.82) is 0 Å². The van der Waals surface area contributed by atoms with Gasteiger partial charge in [-0.2, -0.15) is 0 Å². The fraction of sp³-hybridized carbons (Fsp3) is 0.308. The molecule has 0 aromatic carbocycles. The highest BCUT2D eigenvalue weighted by Crippen LogP contribution is 2.15. The average Bonchev–Trinajstić information content (AvgIpc) is 2.37. The van der Waals surface area contributed by atoms with Gasteiger partial charge >= 0.3 is 0 Å². The van der Waals surface area contributed by atoms with E-state index in [9.17, 15) is 0 Å². The third-order valence-electron chi connectivity index (χ3n) is 2.38. The van der Waals surface area contributed by atoms with Crippen molar-refractivity contribution in [2.24, 2.45) is 0 Å². The van der Waals surface area contributed by atoms with Crippen LogP contribution in [0.15, 0.2) is 30.6 Å². The second-order valence-electron chi connectivity index (χ2n) is 3.88. The van der Waals surface area contributed by atoms with E-state index < -0.39 is 0 Å². The summed E-state index contributed by atoms with van der Waals surface area (Å²) in [6.45, 7) is 5.01. The molecule has 0 saturated heterocycles. The highest BCUT2D eigenvalue weighted by molar-refractivity contribution is 5.55. The molecule has 0 aliphatic heterocycles. The van der Waals surface area contributed by atoms with Gasteiger partial charge in [-0.05, 0) is 31.5 Å². The van der Waals surface area contributed by atoms with Crippen molar-refractivity contribution in [3.63, 3.8) is 0 Å². The Kier molecular flexibility index (Phi) is 3.65. The van der Waals surface area contributed by atoms with Crippen molar-refractivity contribution in [2.45, 2.75) is 20.3 Å². The molecule has 0 spiro atoms. The summed E-state index contributed by atoms with van der Waals surface area (Å²) in [6, 6.07) is 5.83. The van der Waals surface area contributed by atoms with Gasteiger partial charge in [-0.25, -0.2) is 9.97 Å². The first kappa shape index (κ1) is 11.5. The molecule has 88 valence electrons. The van der Waals surface area contributed by atoms with Crippen LogP contribution in [0.2, 0.25) is 0 Å². The minimum Gasteiger partial charge on any atom is -0.370 e. The first-order valence-corrected chi connectivity index (χ1v) is 5.79. The highest BCUT2D eigenvalue weighted by atomic mass is 15.0. The fourth-order valence-electron chi connectivity index (χ4n) is 1.45. The maximum atomic E-state index is 4.45. The van der Waals surface area contributed by atoms with Crippen LogP contribution in [0, 0.1) is 6.92 Å². The van der Waals surface area contributed by atoms with Gasteiger partial charge in [0, 0.05) is 30.2 Å². The monoisotopic (exact) mass is 228 g/mol. The van der Waals surface area contributed by atoms with E-state index in [1.165, 1.54) is 0 Å². The van der Waals surface area contributed by atoms with Crippen molar-refractivity contribution in [1.82, 2.24) is 15.0 Å². The summed E-state index contributed by atoms with van der Waals surface area (Å²) in [4.78, 5) is 13.0. The molecule has 0 aliphatic rings. The number of rotatable bonds is 4. The summed E-state index contributed by atoms with van der Waals surface area (Å²) >= 11 is 0. The Balaban J connectivity index is 2.23. The fourth-order valence-corrected chi connectivity index (χ4v) is 1.45. The molecule has 0 amide bonds. The first-order valence-electron chi connectivity index (χ1n) is 5.79. The molecule has 0 atom stereocenters. The number of pyridine rings is 1. The molecule has 0 aliphatic carbocycles. The maximum absolute atomic E-state index is 4.45. The standard InChI is InChI=1S/C13H16N4/c1-3-7-14-12-6-8-15-13(17-12)11-5-4-10(2)16-9-11/h4-6,8-9H,3,7H2,1-2H3,(H,14,15,17). The summed E-state index contributed by atoms with van der Waals surface area (Å²) < 4.78 is 0. The van der Waals surface area contributed by atoms with Gasteiger partial charge in [0.05, 0.1) is 0 Å². The quantitative estimate of drug-likeness (QED) is 0.874. The van der Waals surface area contributed by atoms with Crippen LogP contribution >= 0.6 is 0 Å². The minimum absolute atomic E-state index is 0.707. The lowest BCUT2D eigenvalue weighted by Crippen LogP contribution is -2.03. The molecule has 0 fully saturated rings. The Morgan fingerprint density at radius 3 is 2.76 bits per heavy atom. The van der Waals surface area contributed by atoms with Crippen molar-refractivity contribution in [3.05, 3.63) is 36.3 Å². The Morgan fingerprint density at radius 2 is 2.06 bits per heavy atom. The van der Waals surface area contributed by atoms with Crippen molar-refractivity contribution in [2.75, 3.05) is 11.9 Å². The highest BCUT2D eigenvalue weighted by Gasteiger charge is 2.02. The topological polar surface area (TPSA) is 50.7 Å². The largest absolute Gasteiger partial charge is 0.370 e. The second kappa shape index (κ2) is 5.39. The Hall–Kier alpha value is -1.97. The molecule has 2 rings (SSSR count). The molecule has 2 heterocycles. The lowest BCUT2D eigenvalue weighted by atomic mass is 10.2. The molecule has 0 radical (unpaired) electrons. The van der Waals surface area contributed by atoms with Crippen LogP contribution in [0.25, 0.3) is 11.4 Å². The SMILES string of the molecule is CCCNc1ccnc(-c2ccc(C)nc2)n1. The molecule has 2 aromatic heterocycles. The molecule has 4 heteroatoms. The van der Waals surface area contributed by atoms with Gasteiger partial charge in [0.1, 0.15) is 5.82 Å². The molecular formula is C13H16N4. The molecule has 2 aromatic rings. The second-order valence-corrected chi connectivity index (χ2v) is 3.88. The van der Waals surface area contributed by atoms with Gasteiger partial charge in [-0.15, -0.1) is 0 Å². The van der Waals surface area contributed by atoms with Crippen molar-refractivity contribution in [3.8, 4) is 11.4 Å². The summed E-state index contributed by atoms with van der Waals surface area (Å²) in [5.41, 5.74) is 1.93. The zero-order chi connectivity index (χ0) is 12.1. The average molecular weight is 228 g/mol. The zero-order valence-corrected chi connectivity index (χ0v) is 10.1. The van der Waals surface area contributed by atoms with Gasteiger partial charge in [0.2, 0.25) is 0 Å². The van der Waals surface area contributed by atoms with Gasteiger partial charge in [0.15, 0.2) is 5.82 Å². The van der Waals surface area contributed by atoms with Gasteiger partial charge < -0.3 is 5.32 Å². The molecule has 0 unspecified atom stereocenters. The summed E-state index contributed by atoms with van der Waals surface area (Å²) in [5, 5.41) is 3.24. The van der Waals surface area contributed by atoms with Crippen LogP contribution < -0.4 is 5.32 Å². The van der Waals surface area contributed by atoms with E-state index in [2.05, 4.69) is 27.2 Å². The molecule has 0 bridgehead atoms. The molecule has 1 N–H and O–H groups in total. The number of nitrogens with one attached hydrogen (secondary N) is 1. The Labute approximate surface area is 101 Å². The number of nitrogens with zero attached hydrogens (tertiary/aromatic N) is 3. The number of aromatic nitrogens is 3. The Bertz CT molecular complexity index is 479. The van der Waals surface area contributed by atoms with Gasteiger partial charge in [-0.3, -0.25) is 4.98 Å². The predicted molar refractivity (Wildman–Crippen MR) is 68.8 cm³/mol. The van der Waals surface area contributed by atoms with Crippen LogP contribution in [-0.2, 0) is 0 Å². The third kappa shape index (κ3) is 3.00. The molecule has 4 nitrogen and oxygen atoms in total. The minimum atomic E-state index is 0.707. The number of hydrogen-bond donors (Lipinski definition) is 1. The lowest BCUT2D eigenvalue weighted by Gasteiger charge is -2.05. The maximum Gasteiger partial charge on any atom is 0.163 e. The normalized spacial score (nSPS) is 10.2. The third-order valence-corrected chi connectivity index (χ3v) is 2.38. The predicted octanol–water partition coefficient (Wildman–Crippen LogP) is 2.67. The van der Waals surface area contributed by atoms with E-state index in [1.54, 1.807) is 12.4 Å². The van der Waals surface area contributed by atoms with E-state index in [4.69, 9.17) is 0 Å².